The molecule has 0 amide bonds. The Bertz CT molecular complexity index is 921. The second-order valence-corrected chi connectivity index (χ2v) is 9.08. The molecule has 30 heavy (non-hydrogen) atoms. The van der Waals surface area contributed by atoms with Crippen LogP contribution in [-0.4, -0.2) is 58.8 Å². The van der Waals surface area contributed by atoms with Gasteiger partial charge in [-0.25, -0.2) is 8.42 Å². The zero-order valence-corrected chi connectivity index (χ0v) is 21.4. The molecule has 0 atom stereocenters. The predicted molar refractivity (Wildman–Crippen MR) is 134 cm³/mol. The Balaban J connectivity index is 0.00000450. The number of sulfone groups is 1. The summed E-state index contributed by atoms with van der Waals surface area (Å²) in [6.45, 7) is 4.56. The Morgan fingerprint density at radius 3 is 2.50 bits per heavy atom. The monoisotopic (exact) mass is 565 g/mol. The van der Waals surface area contributed by atoms with Gasteiger partial charge >= 0.3 is 0 Å². The maximum atomic E-state index is 11.5. The lowest BCUT2D eigenvalue weighted by molar-refractivity contribution is 0.281. The number of likely N-dealkylation sites (N-methyl/N-ethyl adjacent to an activating group) is 1. The van der Waals surface area contributed by atoms with Gasteiger partial charge in [-0.2, -0.15) is 0 Å². The first kappa shape index (κ1) is 26.5. The fraction of sp³-hybridized carbons (Fsp3) is 0.381. The fourth-order valence-corrected chi connectivity index (χ4v) is 3.44. The Morgan fingerprint density at radius 1 is 1.20 bits per heavy atom. The van der Waals surface area contributed by atoms with Gasteiger partial charge in [-0.3, -0.25) is 4.99 Å². The lowest BCUT2D eigenvalue weighted by Gasteiger charge is -2.22. The minimum atomic E-state index is -3.17. The number of halogens is 2. The average Bonchev–Trinajstić information content (AvgIpc) is 2.67. The van der Waals surface area contributed by atoms with E-state index in [2.05, 4.69) is 10.3 Å². The molecule has 0 spiro atoms. The molecule has 2 aromatic carbocycles. The van der Waals surface area contributed by atoms with Crippen LogP contribution in [0.5, 0.6) is 5.75 Å². The number of ether oxygens (including phenoxy) is 1. The second kappa shape index (κ2) is 13.0. The van der Waals surface area contributed by atoms with Crippen molar-refractivity contribution in [3.05, 3.63) is 59.1 Å². The van der Waals surface area contributed by atoms with E-state index in [4.69, 9.17) is 16.3 Å². The topological polar surface area (TPSA) is 71.0 Å². The Morgan fingerprint density at radius 2 is 1.90 bits per heavy atom. The van der Waals surface area contributed by atoms with Gasteiger partial charge in [0, 0.05) is 31.4 Å². The van der Waals surface area contributed by atoms with Crippen LogP contribution in [0.4, 0.5) is 0 Å². The largest absolute Gasteiger partial charge is 0.492 e. The minimum Gasteiger partial charge on any atom is -0.492 e. The molecule has 1 N–H and O–H groups in total. The molecule has 0 aliphatic rings. The zero-order chi connectivity index (χ0) is 21.3. The van der Waals surface area contributed by atoms with E-state index >= 15 is 0 Å². The SMILES string of the molecule is CCNC(=NCCc1ccc(S(C)(=O)=O)cc1)N(C)CCOc1cccc(Cl)c1.I. The van der Waals surface area contributed by atoms with E-state index in [1.807, 2.05) is 49.2 Å². The summed E-state index contributed by atoms with van der Waals surface area (Å²) in [4.78, 5) is 7.00. The van der Waals surface area contributed by atoms with Gasteiger partial charge in [0.2, 0.25) is 0 Å². The Kier molecular flexibility index (Phi) is 11.5. The molecule has 0 saturated carbocycles. The molecule has 2 aromatic rings. The van der Waals surface area contributed by atoms with Crippen molar-refractivity contribution >= 4 is 51.4 Å². The predicted octanol–water partition coefficient (Wildman–Crippen LogP) is 3.88. The van der Waals surface area contributed by atoms with Crippen LogP contribution in [0.15, 0.2) is 58.4 Å². The molecule has 9 heteroatoms. The number of nitrogens with one attached hydrogen (secondary N) is 1. The molecule has 166 valence electrons. The van der Waals surface area contributed by atoms with Gasteiger partial charge in [-0.15, -0.1) is 24.0 Å². The van der Waals surface area contributed by atoms with Crippen LogP contribution >= 0.6 is 35.6 Å². The van der Waals surface area contributed by atoms with Crippen LogP contribution < -0.4 is 10.1 Å². The number of hydrogen-bond acceptors (Lipinski definition) is 4. The zero-order valence-electron chi connectivity index (χ0n) is 17.5. The Labute approximate surface area is 201 Å². The number of aliphatic imine (C=N–C) groups is 1. The van der Waals surface area contributed by atoms with Gasteiger partial charge < -0.3 is 15.0 Å². The van der Waals surface area contributed by atoms with Crippen molar-refractivity contribution in [2.45, 2.75) is 18.2 Å². The second-order valence-electron chi connectivity index (χ2n) is 6.63. The summed E-state index contributed by atoms with van der Waals surface area (Å²) in [7, 11) is -1.20. The number of rotatable bonds is 9. The van der Waals surface area contributed by atoms with E-state index in [1.54, 1.807) is 18.2 Å². The smallest absolute Gasteiger partial charge is 0.193 e. The summed E-state index contributed by atoms with van der Waals surface area (Å²) >= 11 is 5.97. The van der Waals surface area contributed by atoms with Crippen LogP contribution in [0.25, 0.3) is 0 Å². The molecule has 0 bridgehead atoms. The van der Waals surface area contributed by atoms with Crippen LogP contribution in [0.3, 0.4) is 0 Å². The highest BCUT2D eigenvalue weighted by molar-refractivity contribution is 14.0. The summed E-state index contributed by atoms with van der Waals surface area (Å²) in [5.41, 5.74) is 1.05. The number of benzene rings is 2. The molecule has 0 radical (unpaired) electrons. The normalized spacial score (nSPS) is 11.5. The number of nitrogens with zero attached hydrogens (tertiary/aromatic N) is 2. The standard InChI is InChI=1S/C21H28ClN3O3S.HI/c1-4-23-21(25(2)14-15-28-19-7-5-6-18(22)16-19)24-13-12-17-8-10-20(11-9-17)29(3,26)27;/h5-11,16H,4,12-15H2,1-3H3,(H,23,24);1H. The molecule has 0 heterocycles. The van der Waals surface area contributed by atoms with Crippen LogP contribution in [0.1, 0.15) is 12.5 Å². The first-order chi connectivity index (χ1) is 13.8. The maximum absolute atomic E-state index is 11.5. The van der Waals surface area contributed by atoms with Crippen molar-refractivity contribution in [1.82, 2.24) is 10.2 Å². The lowest BCUT2D eigenvalue weighted by atomic mass is 10.1. The van der Waals surface area contributed by atoms with Gasteiger partial charge in [-0.1, -0.05) is 29.8 Å². The molecular weight excluding hydrogens is 537 g/mol. The molecule has 0 aliphatic heterocycles. The summed E-state index contributed by atoms with van der Waals surface area (Å²) in [5, 5.41) is 3.92. The third-order valence-electron chi connectivity index (χ3n) is 4.20. The summed E-state index contributed by atoms with van der Waals surface area (Å²) in [5.74, 6) is 1.54. The van der Waals surface area contributed by atoms with E-state index in [0.717, 1.165) is 30.2 Å². The highest BCUT2D eigenvalue weighted by Crippen LogP contribution is 2.17. The third-order valence-corrected chi connectivity index (χ3v) is 5.57. The summed E-state index contributed by atoms with van der Waals surface area (Å²) in [6.07, 6.45) is 1.94. The van der Waals surface area contributed by atoms with Gasteiger partial charge in [0.25, 0.3) is 0 Å². The van der Waals surface area contributed by atoms with Gasteiger partial charge in [0.15, 0.2) is 15.8 Å². The first-order valence-electron chi connectivity index (χ1n) is 9.46. The van der Waals surface area contributed by atoms with Crippen molar-refractivity contribution in [2.75, 3.05) is 39.5 Å². The highest BCUT2D eigenvalue weighted by atomic mass is 127. The van der Waals surface area contributed by atoms with Gasteiger partial charge in [0.05, 0.1) is 11.4 Å². The van der Waals surface area contributed by atoms with Crippen molar-refractivity contribution in [3.8, 4) is 5.75 Å². The van der Waals surface area contributed by atoms with Crippen LogP contribution in [0.2, 0.25) is 5.02 Å². The molecular formula is C21H29ClIN3O3S. The molecule has 0 saturated heterocycles. The van der Waals surface area contributed by atoms with E-state index in [0.29, 0.717) is 29.6 Å². The van der Waals surface area contributed by atoms with Crippen LogP contribution in [0, 0.1) is 0 Å². The summed E-state index contributed by atoms with van der Waals surface area (Å²) in [6, 6.07) is 14.3. The average molecular weight is 566 g/mol. The Hall–Kier alpha value is -1.52. The molecule has 6 nitrogen and oxygen atoms in total. The minimum absolute atomic E-state index is 0. The summed E-state index contributed by atoms with van der Waals surface area (Å²) < 4.78 is 28.8. The van der Waals surface area contributed by atoms with Crippen LogP contribution in [-0.2, 0) is 16.3 Å². The maximum Gasteiger partial charge on any atom is 0.193 e. The number of hydrogen-bond donors (Lipinski definition) is 1. The van der Waals surface area contributed by atoms with E-state index in [-0.39, 0.29) is 24.0 Å². The molecule has 0 aliphatic carbocycles. The first-order valence-corrected chi connectivity index (χ1v) is 11.7. The molecule has 2 rings (SSSR count). The quantitative estimate of drug-likeness (QED) is 0.284. The van der Waals surface area contributed by atoms with Gasteiger partial charge in [0.1, 0.15) is 12.4 Å². The lowest BCUT2D eigenvalue weighted by Crippen LogP contribution is -2.41. The molecule has 0 fully saturated rings. The van der Waals surface area contributed by atoms with Gasteiger partial charge in [-0.05, 0) is 49.2 Å². The van der Waals surface area contributed by atoms with Crippen molar-refractivity contribution in [2.24, 2.45) is 4.99 Å². The van der Waals surface area contributed by atoms with E-state index < -0.39 is 9.84 Å². The third kappa shape index (κ3) is 9.09. The molecule has 0 aromatic heterocycles. The van der Waals surface area contributed by atoms with E-state index in [9.17, 15) is 8.42 Å². The number of guanidine groups is 1. The van der Waals surface area contributed by atoms with Crippen molar-refractivity contribution in [1.29, 1.82) is 0 Å². The van der Waals surface area contributed by atoms with Crippen molar-refractivity contribution < 1.29 is 13.2 Å². The fourth-order valence-electron chi connectivity index (χ4n) is 2.63. The highest BCUT2D eigenvalue weighted by Gasteiger charge is 2.07. The van der Waals surface area contributed by atoms with E-state index in [1.165, 1.54) is 6.26 Å². The van der Waals surface area contributed by atoms with Crippen molar-refractivity contribution in [3.63, 3.8) is 0 Å². The molecule has 0 unspecified atom stereocenters.